The van der Waals surface area contributed by atoms with Crippen LogP contribution >= 0.6 is 40.0 Å². The Kier molecular flexibility index (Phi) is 6.61. The second-order valence-electron chi connectivity index (χ2n) is 4.22. The van der Waals surface area contributed by atoms with Gasteiger partial charge in [0.25, 0.3) is 0 Å². The van der Waals surface area contributed by atoms with E-state index >= 15 is 0 Å². The summed E-state index contributed by atoms with van der Waals surface area (Å²) in [5.74, 6) is 0. The second kappa shape index (κ2) is 7.28. The van der Waals surface area contributed by atoms with Gasteiger partial charge in [-0.25, -0.2) is 0 Å². The van der Waals surface area contributed by atoms with Gasteiger partial charge in [0.2, 0.25) is 0 Å². The van der Waals surface area contributed by atoms with Gasteiger partial charge in [0.1, 0.15) is 0 Å². The zero-order chi connectivity index (χ0) is 14.7. The third-order valence-corrected chi connectivity index (χ3v) is 3.37. The van der Waals surface area contributed by atoms with E-state index in [2.05, 4.69) is 49.9 Å². The molecule has 0 bridgehead atoms. The summed E-state index contributed by atoms with van der Waals surface area (Å²) >= 11 is 4.74. The van der Waals surface area contributed by atoms with E-state index in [0.29, 0.717) is 9.47 Å². The molecule has 1 heterocycles. The number of nitrogens with one attached hydrogen (secondary N) is 2. The van der Waals surface area contributed by atoms with E-state index in [0.717, 1.165) is 33.3 Å². The fourth-order valence-corrected chi connectivity index (χ4v) is 1.97. The summed E-state index contributed by atoms with van der Waals surface area (Å²) in [7, 11) is 0.628. The molecule has 2 N–H and O–H groups in total. The number of aryl methyl sites for hydroxylation is 2. The van der Waals surface area contributed by atoms with Crippen LogP contribution in [0.3, 0.4) is 0 Å². The average Bonchev–Trinajstić information content (AvgIpc) is 2.37. The van der Waals surface area contributed by atoms with Crippen molar-refractivity contribution in [1.29, 1.82) is 0 Å². The molecule has 0 saturated carbocycles. The molecule has 0 spiro atoms. The van der Waals surface area contributed by atoms with E-state index in [1.807, 2.05) is 27.7 Å². The number of fused-ring (bicyclic) bond motifs is 1. The molecule has 4 nitrogen and oxygen atoms in total. The van der Waals surface area contributed by atoms with Gasteiger partial charge in [0.15, 0.2) is 0 Å². The molecule has 0 aliphatic carbocycles. The summed E-state index contributed by atoms with van der Waals surface area (Å²) < 4.78 is 0. The van der Waals surface area contributed by atoms with Gasteiger partial charge in [0.05, 0.1) is 11.0 Å². The van der Waals surface area contributed by atoms with Crippen LogP contribution in [0, 0.1) is 27.7 Å². The molecule has 0 aliphatic heterocycles. The number of aromatic amines is 2. The van der Waals surface area contributed by atoms with Crippen molar-refractivity contribution in [2.75, 3.05) is 0 Å². The maximum absolute atomic E-state index is 11.3. The van der Waals surface area contributed by atoms with Crippen molar-refractivity contribution in [3.8, 4) is 0 Å². The predicted octanol–water partition coefficient (Wildman–Crippen LogP) is 3.22. The first-order valence-electron chi connectivity index (χ1n) is 5.50. The molecule has 19 heavy (non-hydrogen) atoms. The van der Waals surface area contributed by atoms with Crippen LogP contribution in [0.1, 0.15) is 22.3 Å². The molecular formula is C12H14I2N2O2V. The Labute approximate surface area is 140 Å². The topological polar surface area (TPSA) is 65.7 Å². The second-order valence-corrected chi connectivity index (χ2v) is 16.0. The van der Waals surface area contributed by atoms with Gasteiger partial charge in [0, 0.05) is 0 Å². The van der Waals surface area contributed by atoms with Crippen molar-refractivity contribution in [2.45, 2.75) is 27.7 Å². The van der Waals surface area contributed by atoms with Gasteiger partial charge >= 0.3 is 60.5 Å². The summed E-state index contributed by atoms with van der Waals surface area (Å²) in [6.45, 7) is 7.91. The molecule has 103 valence electrons. The molecule has 1 aromatic heterocycles. The quantitative estimate of drug-likeness (QED) is 0.412. The summed E-state index contributed by atoms with van der Waals surface area (Å²) in [5, 5.41) is 0. The van der Waals surface area contributed by atoms with Crippen LogP contribution in [0.2, 0.25) is 0 Å². The Morgan fingerprint density at radius 2 is 1.00 bits per heavy atom. The van der Waals surface area contributed by atoms with Crippen molar-refractivity contribution in [2.24, 2.45) is 0 Å². The number of aromatic nitrogens is 2. The number of hydrogen-bond donors (Lipinski definition) is 2. The van der Waals surface area contributed by atoms with Crippen LogP contribution in [0.25, 0.3) is 11.0 Å². The molecule has 7 heteroatoms. The summed E-state index contributed by atoms with van der Waals surface area (Å²) in [5.41, 5.74) is 4.56. The van der Waals surface area contributed by atoms with E-state index in [4.69, 9.17) is 0 Å². The van der Waals surface area contributed by atoms with E-state index in [9.17, 15) is 9.59 Å². The minimum absolute atomic E-state index is 0.599. The van der Waals surface area contributed by atoms with Crippen molar-refractivity contribution in [3.05, 3.63) is 43.0 Å². The van der Waals surface area contributed by atoms with Crippen LogP contribution < -0.4 is 11.1 Å². The van der Waals surface area contributed by atoms with Gasteiger partial charge in [-0.2, -0.15) is 0 Å². The van der Waals surface area contributed by atoms with Crippen LogP contribution in [-0.2, 0) is 9.47 Å². The monoisotopic (exact) mass is 523 g/mol. The Morgan fingerprint density at radius 3 is 1.26 bits per heavy atom. The van der Waals surface area contributed by atoms with E-state index in [1.165, 1.54) is 0 Å². The normalized spacial score (nSPS) is 10.0. The number of halogens is 2. The summed E-state index contributed by atoms with van der Waals surface area (Å²) in [6, 6.07) is 0. The average molecular weight is 523 g/mol. The zero-order valence-electron chi connectivity index (χ0n) is 11.0. The third kappa shape index (κ3) is 3.65. The SMILES string of the molecule is Cc1c(C)c(C)c2[nH]c(=O)c(=O)[nH]c2c1C.[I][V][I]. The maximum atomic E-state index is 11.3. The summed E-state index contributed by atoms with van der Waals surface area (Å²) in [6.07, 6.45) is 0. The van der Waals surface area contributed by atoms with Crippen LogP contribution in [0.5, 0.6) is 0 Å². The predicted molar refractivity (Wildman–Crippen MR) is 92.2 cm³/mol. The van der Waals surface area contributed by atoms with Crippen LogP contribution in [0.4, 0.5) is 0 Å². The first-order chi connectivity index (χ1) is 8.84. The van der Waals surface area contributed by atoms with Gasteiger partial charge in [-0.3, -0.25) is 9.59 Å². The van der Waals surface area contributed by atoms with E-state index in [-0.39, 0.29) is 0 Å². The molecule has 0 fully saturated rings. The number of H-pyrrole nitrogens is 2. The molecular weight excluding hydrogens is 509 g/mol. The fraction of sp³-hybridized carbons (Fsp3) is 0.333. The van der Waals surface area contributed by atoms with Crippen molar-refractivity contribution in [3.63, 3.8) is 0 Å². The molecule has 0 radical (unpaired) electrons. The Morgan fingerprint density at radius 1 is 0.737 bits per heavy atom. The third-order valence-electron chi connectivity index (χ3n) is 3.37. The van der Waals surface area contributed by atoms with Crippen molar-refractivity contribution in [1.82, 2.24) is 9.97 Å². The molecule has 2 rings (SSSR count). The van der Waals surface area contributed by atoms with Crippen molar-refractivity contribution >= 4 is 51.0 Å². The first kappa shape index (κ1) is 17.3. The number of hydrogen-bond acceptors (Lipinski definition) is 2. The van der Waals surface area contributed by atoms with Crippen LogP contribution in [-0.4, -0.2) is 9.97 Å². The molecule has 1 aromatic carbocycles. The molecule has 0 amide bonds. The fourth-order valence-electron chi connectivity index (χ4n) is 1.97. The van der Waals surface area contributed by atoms with E-state index in [1.54, 1.807) is 0 Å². The van der Waals surface area contributed by atoms with Gasteiger partial charge in [-0.15, -0.1) is 0 Å². The standard InChI is InChI=1S/C12H14N2O2.2HI.V/c1-5-6(2)8(4)10-9(7(5)3)13-11(15)12(16)14-10;;;/h1-4H3,(H,13,15)(H,14,16);2*1H;/q;;;+2/p-2. The molecule has 2 aromatic rings. The minimum atomic E-state index is -0.599. The Balaban J connectivity index is 0.000000550. The van der Waals surface area contributed by atoms with Crippen LogP contribution in [0.15, 0.2) is 9.59 Å². The number of benzene rings is 1. The van der Waals surface area contributed by atoms with Crippen molar-refractivity contribution < 1.29 is 9.47 Å². The summed E-state index contributed by atoms with van der Waals surface area (Å²) in [4.78, 5) is 27.9. The van der Waals surface area contributed by atoms with Gasteiger partial charge < -0.3 is 9.97 Å². The zero-order valence-corrected chi connectivity index (χ0v) is 16.7. The molecule has 0 atom stereocenters. The van der Waals surface area contributed by atoms with Gasteiger partial charge in [-0.1, -0.05) is 0 Å². The van der Waals surface area contributed by atoms with E-state index < -0.39 is 11.1 Å². The molecule has 0 unspecified atom stereocenters. The Hall–Kier alpha value is 0.204. The van der Waals surface area contributed by atoms with Gasteiger partial charge in [-0.05, 0) is 49.9 Å². The molecule has 0 saturated heterocycles. The number of rotatable bonds is 0. The Bertz CT molecular complexity index is 662. The molecule has 0 aliphatic rings. The first-order valence-corrected chi connectivity index (χ1v) is 14.5.